The Morgan fingerprint density at radius 3 is 2.48 bits per heavy atom. The third-order valence-electron chi connectivity index (χ3n) is 4.55. The van der Waals surface area contributed by atoms with Crippen LogP contribution in [0.15, 0.2) is 24.3 Å². The van der Waals surface area contributed by atoms with E-state index in [-0.39, 0.29) is 17.6 Å². The highest BCUT2D eigenvalue weighted by Gasteiger charge is 2.42. The number of hydrogen-bond donors (Lipinski definition) is 2. The predicted molar refractivity (Wildman–Crippen MR) is 80.0 cm³/mol. The molecule has 4 nitrogen and oxygen atoms in total. The summed E-state index contributed by atoms with van der Waals surface area (Å²) in [4.78, 5) is 12.3. The maximum Gasteiger partial charge on any atom is 0.252 e. The molecule has 0 aromatic heterocycles. The van der Waals surface area contributed by atoms with Gasteiger partial charge in [0.15, 0.2) is 5.60 Å². The number of amides is 1. The molecule has 0 radical (unpaired) electrons. The summed E-state index contributed by atoms with van der Waals surface area (Å²) in [5.74, 6) is -0.285. The van der Waals surface area contributed by atoms with E-state index in [9.17, 15) is 9.90 Å². The molecule has 1 aliphatic carbocycles. The highest BCUT2D eigenvalue weighted by Crippen LogP contribution is 2.31. The average molecular weight is 289 g/mol. The van der Waals surface area contributed by atoms with Crippen LogP contribution in [0.4, 0.5) is 0 Å². The molecule has 1 atom stereocenters. The molecule has 0 saturated carbocycles. The standard InChI is InChI=1S/C17H23NO3/c1-16(2)8-7-14(21-16)11-18-15(19)17(20)9-12-5-3-4-6-13(12)10-17/h3-6,14,20H,7-11H2,1-2H3,(H,18,19). The van der Waals surface area contributed by atoms with Gasteiger partial charge in [0.1, 0.15) is 0 Å². The van der Waals surface area contributed by atoms with Crippen LogP contribution >= 0.6 is 0 Å². The van der Waals surface area contributed by atoms with Crippen LogP contribution in [0.3, 0.4) is 0 Å². The fourth-order valence-electron chi connectivity index (χ4n) is 3.35. The molecule has 3 rings (SSSR count). The van der Waals surface area contributed by atoms with Gasteiger partial charge in [0.2, 0.25) is 0 Å². The number of aliphatic hydroxyl groups is 1. The molecule has 4 heteroatoms. The second-order valence-electron chi connectivity index (χ2n) is 6.90. The van der Waals surface area contributed by atoms with E-state index < -0.39 is 5.60 Å². The summed E-state index contributed by atoms with van der Waals surface area (Å²) in [5.41, 5.74) is 0.718. The van der Waals surface area contributed by atoms with Gasteiger partial charge in [0, 0.05) is 19.4 Å². The lowest BCUT2D eigenvalue weighted by Crippen LogP contribution is -2.49. The van der Waals surface area contributed by atoms with Crippen LogP contribution in [0, 0.1) is 0 Å². The third-order valence-corrected chi connectivity index (χ3v) is 4.55. The molecule has 21 heavy (non-hydrogen) atoms. The first-order valence-corrected chi connectivity index (χ1v) is 7.63. The van der Waals surface area contributed by atoms with Gasteiger partial charge in [0.25, 0.3) is 5.91 Å². The molecular formula is C17H23NO3. The molecule has 1 saturated heterocycles. The molecule has 1 aliphatic heterocycles. The first-order chi connectivity index (χ1) is 9.88. The lowest BCUT2D eigenvalue weighted by Gasteiger charge is -2.23. The van der Waals surface area contributed by atoms with E-state index in [1.165, 1.54) is 0 Å². The minimum absolute atomic E-state index is 0.0522. The van der Waals surface area contributed by atoms with Gasteiger partial charge in [-0.2, -0.15) is 0 Å². The van der Waals surface area contributed by atoms with E-state index in [2.05, 4.69) is 19.2 Å². The molecule has 2 aliphatic rings. The molecule has 1 amide bonds. The summed E-state index contributed by atoms with van der Waals surface area (Å²) in [6, 6.07) is 7.83. The Bertz CT molecular complexity index is 528. The Morgan fingerprint density at radius 2 is 1.95 bits per heavy atom. The highest BCUT2D eigenvalue weighted by atomic mass is 16.5. The molecule has 1 aromatic carbocycles. The van der Waals surface area contributed by atoms with Crippen molar-refractivity contribution in [3.63, 3.8) is 0 Å². The fourth-order valence-corrected chi connectivity index (χ4v) is 3.35. The van der Waals surface area contributed by atoms with E-state index >= 15 is 0 Å². The molecule has 2 N–H and O–H groups in total. The zero-order valence-electron chi connectivity index (χ0n) is 12.7. The van der Waals surface area contributed by atoms with Crippen molar-refractivity contribution >= 4 is 5.91 Å². The molecule has 0 bridgehead atoms. The van der Waals surface area contributed by atoms with Crippen molar-refractivity contribution in [2.24, 2.45) is 0 Å². The van der Waals surface area contributed by atoms with E-state index in [4.69, 9.17) is 4.74 Å². The summed E-state index contributed by atoms with van der Waals surface area (Å²) >= 11 is 0. The van der Waals surface area contributed by atoms with Crippen molar-refractivity contribution < 1.29 is 14.6 Å². The number of benzene rings is 1. The lowest BCUT2D eigenvalue weighted by molar-refractivity contribution is -0.139. The van der Waals surface area contributed by atoms with Gasteiger partial charge in [-0.1, -0.05) is 24.3 Å². The van der Waals surface area contributed by atoms with Crippen LogP contribution in [-0.4, -0.2) is 34.9 Å². The van der Waals surface area contributed by atoms with Crippen LogP contribution < -0.4 is 5.32 Å². The second kappa shape index (κ2) is 5.11. The Morgan fingerprint density at radius 1 is 1.33 bits per heavy atom. The van der Waals surface area contributed by atoms with Gasteiger partial charge >= 0.3 is 0 Å². The molecular weight excluding hydrogens is 266 g/mol. The average Bonchev–Trinajstić information content (AvgIpc) is 2.95. The number of ether oxygens (including phenoxy) is 1. The van der Waals surface area contributed by atoms with E-state index in [1.807, 2.05) is 24.3 Å². The molecule has 1 heterocycles. The zero-order valence-corrected chi connectivity index (χ0v) is 12.7. The highest BCUT2D eigenvalue weighted by molar-refractivity contribution is 5.86. The quantitative estimate of drug-likeness (QED) is 0.888. The maximum absolute atomic E-state index is 12.3. The predicted octanol–water partition coefficient (Wildman–Crippen LogP) is 1.59. The van der Waals surface area contributed by atoms with Gasteiger partial charge in [-0.3, -0.25) is 4.79 Å². The van der Waals surface area contributed by atoms with Crippen molar-refractivity contribution in [2.45, 2.75) is 56.8 Å². The molecule has 0 spiro atoms. The van der Waals surface area contributed by atoms with Gasteiger partial charge in [-0.15, -0.1) is 0 Å². The Hall–Kier alpha value is -1.39. The summed E-state index contributed by atoms with van der Waals surface area (Å²) in [7, 11) is 0. The van der Waals surface area contributed by atoms with Gasteiger partial charge < -0.3 is 15.2 Å². The minimum atomic E-state index is -1.31. The lowest BCUT2D eigenvalue weighted by atomic mass is 9.99. The van der Waals surface area contributed by atoms with Crippen molar-refractivity contribution in [2.75, 3.05) is 6.54 Å². The Balaban J connectivity index is 1.57. The number of rotatable bonds is 3. The van der Waals surface area contributed by atoms with Crippen molar-refractivity contribution in [3.05, 3.63) is 35.4 Å². The van der Waals surface area contributed by atoms with Crippen molar-refractivity contribution in [1.29, 1.82) is 0 Å². The third kappa shape index (κ3) is 2.97. The van der Waals surface area contributed by atoms with Crippen LogP contribution in [0.2, 0.25) is 0 Å². The Kier molecular flexibility index (Phi) is 3.54. The minimum Gasteiger partial charge on any atom is -0.379 e. The van der Waals surface area contributed by atoms with E-state index in [0.29, 0.717) is 19.4 Å². The summed E-state index contributed by atoms with van der Waals surface area (Å²) in [6.45, 7) is 4.60. The van der Waals surface area contributed by atoms with Crippen molar-refractivity contribution in [3.8, 4) is 0 Å². The molecule has 1 aromatic rings. The summed E-state index contributed by atoms with van der Waals surface area (Å²) in [5, 5.41) is 13.5. The first kappa shape index (κ1) is 14.5. The van der Waals surface area contributed by atoms with Crippen LogP contribution in [0.25, 0.3) is 0 Å². The van der Waals surface area contributed by atoms with Crippen LogP contribution in [0.5, 0.6) is 0 Å². The Labute approximate surface area is 125 Å². The van der Waals surface area contributed by atoms with E-state index in [0.717, 1.165) is 24.0 Å². The SMILES string of the molecule is CC1(C)CCC(CNC(=O)C2(O)Cc3ccccc3C2)O1. The molecule has 114 valence electrons. The number of carbonyl (C=O) groups excluding carboxylic acids is 1. The summed E-state index contributed by atoms with van der Waals surface area (Å²) < 4.78 is 5.86. The topological polar surface area (TPSA) is 58.6 Å². The van der Waals surface area contributed by atoms with E-state index in [1.54, 1.807) is 0 Å². The normalized spacial score (nSPS) is 25.6. The summed E-state index contributed by atoms with van der Waals surface area (Å²) in [6.07, 6.45) is 2.80. The number of nitrogens with one attached hydrogen (secondary N) is 1. The fraction of sp³-hybridized carbons (Fsp3) is 0.588. The van der Waals surface area contributed by atoms with Crippen molar-refractivity contribution in [1.82, 2.24) is 5.32 Å². The number of hydrogen-bond acceptors (Lipinski definition) is 3. The zero-order chi connectivity index (χ0) is 15.1. The number of fused-ring (bicyclic) bond motifs is 1. The van der Waals surface area contributed by atoms with Gasteiger partial charge in [-0.25, -0.2) is 0 Å². The first-order valence-electron chi connectivity index (χ1n) is 7.63. The number of carbonyl (C=O) groups is 1. The molecule has 1 fully saturated rings. The monoisotopic (exact) mass is 289 g/mol. The molecule has 1 unspecified atom stereocenters. The van der Waals surface area contributed by atoms with Crippen LogP contribution in [-0.2, 0) is 22.4 Å². The maximum atomic E-state index is 12.3. The largest absolute Gasteiger partial charge is 0.379 e. The van der Waals surface area contributed by atoms with Crippen LogP contribution in [0.1, 0.15) is 37.8 Å². The van der Waals surface area contributed by atoms with Gasteiger partial charge in [0.05, 0.1) is 11.7 Å². The second-order valence-corrected chi connectivity index (χ2v) is 6.90. The smallest absolute Gasteiger partial charge is 0.252 e. The van der Waals surface area contributed by atoms with Gasteiger partial charge in [-0.05, 0) is 37.8 Å².